The zero-order valence-electron chi connectivity index (χ0n) is 7.46. The number of nitrogens with one attached hydrogen (secondary N) is 1. The second-order valence-corrected chi connectivity index (χ2v) is 3.57. The average molecular weight is 161 g/mol. The summed E-state index contributed by atoms with van der Waals surface area (Å²) < 4.78 is 0. The van der Waals surface area contributed by atoms with Crippen LogP contribution in [0, 0.1) is 5.92 Å². The smallest absolute Gasteiger partial charge is 0.00175 e. The molecule has 0 saturated heterocycles. The van der Waals surface area contributed by atoms with E-state index in [1.165, 1.54) is 18.5 Å². The minimum Gasteiger partial charge on any atom is -0.319 e. The molecular weight excluding hydrogens is 146 g/mol. The van der Waals surface area contributed by atoms with Crippen molar-refractivity contribution >= 4 is 0 Å². The van der Waals surface area contributed by atoms with Gasteiger partial charge in [0.25, 0.3) is 0 Å². The van der Waals surface area contributed by atoms with E-state index in [0.29, 0.717) is 0 Å². The van der Waals surface area contributed by atoms with Gasteiger partial charge in [-0.2, -0.15) is 0 Å². The summed E-state index contributed by atoms with van der Waals surface area (Å²) in [6, 6.07) is 10.8. The summed E-state index contributed by atoms with van der Waals surface area (Å²) in [7, 11) is 2.03. The van der Waals surface area contributed by atoms with Crippen molar-refractivity contribution in [3.63, 3.8) is 0 Å². The maximum Gasteiger partial charge on any atom is -0.00175 e. The molecule has 1 aliphatic carbocycles. The first-order valence-electron chi connectivity index (χ1n) is 4.61. The summed E-state index contributed by atoms with van der Waals surface area (Å²) >= 11 is 0. The molecule has 1 aliphatic rings. The Kier molecular flexibility index (Phi) is 2.13. The second-order valence-electron chi connectivity index (χ2n) is 3.57. The van der Waals surface area contributed by atoms with E-state index in [9.17, 15) is 0 Å². The fourth-order valence-electron chi connectivity index (χ4n) is 1.84. The van der Waals surface area contributed by atoms with Crippen LogP contribution in [-0.2, 0) is 0 Å². The molecule has 2 rings (SSSR count). The van der Waals surface area contributed by atoms with E-state index in [0.717, 1.165) is 11.8 Å². The first-order valence-corrected chi connectivity index (χ1v) is 4.61. The number of hydrogen-bond donors (Lipinski definition) is 1. The van der Waals surface area contributed by atoms with E-state index in [4.69, 9.17) is 0 Å². The lowest BCUT2D eigenvalue weighted by Gasteiger charge is -1.98. The third-order valence-electron chi connectivity index (χ3n) is 2.62. The maximum absolute atomic E-state index is 3.23. The van der Waals surface area contributed by atoms with Gasteiger partial charge in [0.15, 0.2) is 0 Å². The lowest BCUT2D eigenvalue weighted by atomic mass is 10.1. The van der Waals surface area contributed by atoms with E-state index >= 15 is 0 Å². The molecule has 1 aromatic carbocycles. The topological polar surface area (TPSA) is 12.0 Å². The zero-order valence-corrected chi connectivity index (χ0v) is 7.46. The monoisotopic (exact) mass is 161 g/mol. The molecule has 1 saturated carbocycles. The van der Waals surface area contributed by atoms with Crippen LogP contribution in [0.1, 0.15) is 17.9 Å². The molecule has 1 N–H and O–H groups in total. The summed E-state index contributed by atoms with van der Waals surface area (Å²) in [5, 5.41) is 3.23. The van der Waals surface area contributed by atoms with Gasteiger partial charge in [-0.1, -0.05) is 30.3 Å². The third-order valence-corrected chi connectivity index (χ3v) is 2.62. The van der Waals surface area contributed by atoms with Gasteiger partial charge in [-0.05, 0) is 37.4 Å². The van der Waals surface area contributed by atoms with Crippen LogP contribution >= 0.6 is 0 Å². The van der Waals surface area contributed by atoms with Crippen molar-refractivity contribution in [1.29, 1.82) is 0 Å². The van der Waals surface area contributed by atoms with Crippen molar-refractivity contribution in [1.82, 2.24) is 5.32 Å². The Morgan fingerprint density at radius 2 is 2.08 bits per heavy atom. The highest BCUT2D eigenvalue weighted by Crippen LogP contribution is 2.46. The first kappa shape index (κ1) is 7.81. The van der Waals surface area contributed by atoms with Crippen molar-refractivity contribution < 1.29 is 0 Å². The maximum atomic E-state index is 3.23. The summed E-state index contributed by atoms with van der Waals surface area (Å²) in [5.41, 5.74) is 1.51. The van der Waals surface area contributed by atoms with Crippen LogP contribution in [-0.4, -0.2) is 13.6 Å². The average Bonchev–Trinajstić information content (AvgIpc) is 2.87. The molecule has 1 nitrogen and oxygen atoms in total. The van der Waals surface area contributed by atoms with Gasteiger partial charge in [-0.3, -0.25) is 0 Å². The lowest BCUT2D eigenvalue weighted by Crippen LogP contribution is -2.10. The number of rotatable bonds is 3. The molecule has 0 spiro atoms. The molecule has 0 bridgehead atoms. The van der Waals surface area contributed by atoms with Gasteiger partial charge >= 0.3 is 0 Å². The largest absolute Gasteiger partial charge is 0.319 e. The molecule has 1 fully saturated rings. The van der Waals surface area contributed by atoms with Gasteiger partial charge in [0.05, 0.1) is 0 Å². The SMILES string of the molecule is CNC[C@H]1C[C@H]1c1ccccc1. The first-order chi connectivity index (χ1) is 5.92. The van der Waals surface area contributed by atoms with Crippen LogP contribution in [0.5, 0.6) is 0 Å². The van der Waals surface area contributed by atoms with Crippen LogP contribution < -0.4 is 5.32 Å². The van der Waals surface area contributed by atoms with Crippen LogP contribution in [0.3, 0.4) is 0 Å². The molecule has 0 aromatic heterocycles. The molecule has 2 atom stereocenters. The summed E-state index contributed by atoms with van der Waals surface area (Å²) in [4.78, 5) is 0. The summed E-state index contributed by atoms with van der Waals surface area (Å²) in [6.45, 7) is 1.17. The Labute approximate surface area is 73.8 Å². The highest BCUT2D eigenvalue weighted by Gasteiger charge is 2.36. The van der Waals surface area contributed by atoms with Gasteiger partial charge in [0.1, 0.15) is 0 Å². The van der Waals surface area contributed by atoms with Crippen molar-refractivity contribution in [2.75, 3.05) is 13.6 Å². The van der Waals surface area contributed by atoms with E-state index in [1.54, 1.807) is 0 Å². The molecule has 0 unspecified atom stereocenters. The van der Waals surface area contributed by atoms with E-state index < -0.39 is 0 Å². The molecule has 0 aliphatic heterocycles. The molecule has 0 amide bonds. The Morgan fingerprint density at radius 3 is 2.75 bits per heavy atom. The summed E-state index contributed by atoms with van der Waals surface area (Å²) in [5.74, 6) is 1.72. The van der Waals surface area contributed by atoms with Gasteiger partial charge in [-0.15, -0.1) is 0 Å². The van der Waals surface area contributed by atoms with Crippen molar-refractivity contribution in [2.45, 2.75) is 12.3 Å². The molecule has 12 heavy (non-hydrogen) atoms. The van der Waals surface area contributed by atoms with E-state index in [-0.39, 0.29) is 0 Å². The van der Waals surface area contributed by atoms with Crippen LogP contribution in [0.15, 0.2) is 30.3 Å². The Balaban J connectivity index is 1.97. The Hall–Kier alpha value is -0.820. The van der Waals surface area contributed by atoms with Gasteiger partial charge < -0.3 is 5.32 Å². The normalized spacial score (nSPS) is 27.1. The van der Waals surface area contributed by atoms with E-state index in [1.807, 2.05) is 7.05 Å². The second kappa shape index (κ2) is 3.28. The standard InChI is InChI=1S/C11H15N/c1-12-8-10-7-11(10)9-5-3-2-4-6-9/h2-6,10-12H,7-8H2,1H3/t10-,11+/m1/s1. The third kappa shape index (κ3) is 1.51. The van der Waals surface area contributed by atoms with E-state index in [2.05, 4.69) is 35.6 Å². The lowest BCUT2D eigenvalue weighted by molar-refractivity contribution is 0.698. The Bertz CT molecular complexity index is 242. The highest BCUT2D eigenvalue weighted by molar-refractivity contribution is 5.25. The summed E-state index contributed by atoms with van der Waals surface area (Å²) in [6.07, 6.45) is 1.37. The van der Waals surface area contributed by atoms with Crippen LogP contribution in [0.4, 0.5) is 0 Å². The Morgan fingerprint density at radius 1 is 1.33 bits per heavy atom. The predicted molar refractivity (Wildman–Crippen MR) is 51.2 cm³/mol. The minimum atomic E-state index is 0.832. The molecule has 1 heteroatoms. The quantitative estimate of drug-likeness (QED) is 0.715. The predicted octanol–water partition coefficient (Wildman–Crippen LogP) is 2.01. The fourth-order valence-corrected chi connectivity index (χ4v) is 1.84. The molecule has 0 radical (unpaired) electrons. The molecule has 0 heterocycles. The zero-order chi connectivity index (χ0) is 8.39. The van der Waals surface area contributed by atoms with Crippen LogP contribution in [0.2, 0.25) is 0 Å². The fraction of sp³-hybridized carbons (Fsp3) is 0.455. The molecular formula is C11H15N. The highest BCUT2D eigenvalue weighted by atomic mass is 14.8. The molecule has 1 aromatic rings. The number of hydrogen-bond acceptors (Lipinski definition) is 1. The van der Waals surface area contributed by atoms with Crippen molar-refractivity contribution in [3.8, 4) is 0 Å². The van der Waals surface area contributed by atoms with Crippen LogP contribution in [0.25, 0.3) is 0 Å². The van der Waals surface area contributed by atoms with Crippen molar-refractivity contribution in [2.24, 2.45) is 5.92 Å². The van der Waals surface area contributed by atoms with Crippen molar-refractivity contribution in [3.05, 3.63) is 35.9 Å². The van der Waals surface area contributed by atoms with Gasteiger partial charge in [-0.25, -0.2) is 0 Å². The minimum absolute atomic E-state index is 0.832. The van der Waals surface area contributed by atoms with Gasteiger partial charge in [0.2, 0.25) is 0 Å². The van der Waals surface area contributed by atoms with Gasteiger partial charge in [0, 0.05) is 0 Å². The molecule has 64 valence electrons. The number of benzene rings is 1.